The zero-order valence-corrected chi connectivity index (χ0v) is 19.9. The summed E-state index contributed by atoms with van der Waals surface area (Å²) in [6.45, 7) is 3.81. The minimum atomic E-state index is -4.57. The highest BCUT2D eigenvalue weighted by atomic mass is 19.4. The fraction of sp³-hybridized carbons (Fsp3) is 0.308. The van der Waals surface area contributed by atoms with E-state index in [2.05, 4.69) is 0 Å². The maximum Gasteiger partial charge on any atom is 0.416 e. The molecule has 0 aliphatic carbocycles. The zero-order valence-electron chi connectivity index (χ0n) is 19.9. The molecule has 35 heavy (non-hydrogen) atoms. The molecule has 0 fully saturated rings. The Labute approximate surface area is 202 Å². The van der Waals surface area contributed by atoms with Gasteiger partial charge in [0, 0.05) is 23.7 Å². The SMILES string of the molecule is COC(=O)N(Cc1ccc[n+]([O-])c1)Cc1cc(C(F)(F)F)ccc1-c1cc(C(C)C)ccc1OC. The molecular weight excluding hydrogens is 461 g/mol. The molecule has 0 bridgehead atoms. The standard InChI is InChI=1S/C26H27F3N2O4/c1-17(2)19-7-10-24(34-3)23(13-19)22-9-8-21(26(27,28)29)12-20(22)16-30(25(32)35-4)14-18-6-5-11-31(33)15-18/h5-13,15,17H,14,16H2,1-4H3. The van der Waals surface area contributed by atoms with Crippen molar-refractivity contribution in [2.75, 3.05) is 14.2 Å². The maximum absolute atomic E-state index is 13.6. The Morgan fingerprint density at radius 1 is 1.06 bits per heavy atom. The molecule has 2 aromatic carbocycles. The second-order valence-corrected chi connectivity index (χ2v) is 8.38. The highest BCUT2D eigenvalue weighted by Crippen LogP contribution is 2.38. The van der Waals surface area contributed by atoms with Gasteiger partial charge in [0.15, 0.2) is 12.4 Å². The lowest BCUT2D eigenvalue weighted by Gasteiger charge is -2.24. The van der Waals surface area contributed by atoms with Crippen molar-refractivity contribution in [1.29, 1.82) is 0 Å². The molecule has 1 amide bonds. The highest BCUT2D eigenvalue weighted by Gasteiger charge is 2.32. The molecular formula is C26H27F3N2O4. The van der Waals surface area contributed by atoms with Crippen LogP contribution in [0.15, 0.2) is 60.9 Å². The number of hydrogen-bond acceptors (Lipinski definition) is 4. The van der Waals surface area contributed by atoms with Crippen LogP contribution in [0.25, 0.3) is 11.1 Å². The van der Waals surface area contributed by atoms with Crippen LogP contribution in [0.4, 0.5) is 18.0 Å². The van der Waals surface area contributed by atoms with Crippen LogP contribution in [-0.2, 0) is 24.0 Å². The molecule has 1 aromatic heterocycles. The number of methoxy groups -OCH3 is 2. The Morgan fingerprint density at radius 3 is 2.40 bits per heavy atom. The van der Waals surface area contributed by atoms with E-state index in [9.17, 15) is 23.2 Å². The van der Waals surface area contributed by atoms with Crippen molar-refractivity contribution in [2.45, 2.75) is 39.0 Å². The largest absolute Gasteiger partial charge is 0.619 e. The predicted molar refractivity (Wildman–Crippen MR) is 125 cm³/mol. The summed E-state index contributed by atoms with van der Waals surface area (Å²) in [5, 5.41) is 11.7. The average Bonchev–Trinajstić information content (AvgIpc) is 2.82. The summed E-state index contributed by atoms with van der Waals surface area (Å²) < 4.78 is 51.8. The first-order valence-corrected chi connectivity index (χ1v) is 10.9. The Balaban J connectivity index is 2.14. The Hall–Kier alpha value is -3.75. The van der Waals surface area contributed by atoms with Crippen molar-refractivity contribution in [1.82, 2.24) is 4.90 Å². The summed E-state index contributed by atoms with van der Waals surface area (Å²) in [6.07, 6.45) is -2.72. The van der Waals surface area contributed by atoms with Crippen molar-refractivity contribution in [3.8, 4) is 16.9 Å². The van der Waals surface area contributed by atoms with Gasteiger partial charge < -0.3 is 14.7 Å². The minimum absolute atomic E-state index is 0.0331. The van der Waals surface area contributed by atoms with Crippen molar-refractivity contribution in [3.05, 3.63) is 88.4 Å². The van der Waals surface area contributed by atoms with Crippen LogP contribution in [0.5, 0.6) is 5.75 Å². The van der Waals surface area contributed by atoms with E-state index in [0.717, 1.165) is 17.7 Å². The Morgan fingerprint density at radius 2 is 1.80 bits per heavy atom. The van der Waals surface area contributed by atoms with Gasteiger partial charge >= 0.3 is 12.3 Å². The van der Waals surface area contributed by atoms with Gasteiger partial charge in [-0.15, -0.1) is 0 Å². The number of halogens is 3. The summed E-state index contributed by atoms with van der Waals surface area (Å²) >= 11 is 0. The quantitative estimate of drug-likeness (QED) is 0.307. The molecule has 0 aliphatic rings. The average molecular weight is 489 g/mol. The number of ether oxygens (including phenoxy) is 2. The van der Waals surface area contributed by atoms with Gasteiger partial charge in [0.05, 0.1) is 26.3 Å². The fourth-order valence-electron chi connectivity index (χ4n) is 3.79. The number of pyridine rings is 1. The molecule has 3 aromatic rings. The number of carbonyl (C=O) groups excluding carboxylic acids is 1. The molecule has 0 aliphatic heterocycles. The van der Waals surface area contributed by atoms with E-state index in [0.29, 0.717) is 27.2 Å². The smallest absolute Gasteiger partial charge is 0.416 e. The molecule has 1 heterocycles. The number of carbonyl (C=O) groups is 1. The number of amides is 1. The number of hydrogen-bond donors (Lipinski definition) is 0. The monoisotopic (exact) mass is 488 g/mol. The van der Waals surface area contributed by atoms with Crippen LogP contribution in [0.3, 0.4) is 0 Å². The summed E-state index contributed by atoms with van der Waals surface area (Å²) in [5.41, 5.74) is 2.02. The second kappa shape index (κ2) is 10.7. The van der Waals surface area contributed by atoms with E-state index < -0.39 is 17.8 Å². The van der Waals surface area contributed by atoms with Crippen molar-refractivity contribution < 1.29 is 32.2 Å². The molecule has 0 unspecified atom stereocenters. The molecule has 0 radical (unpaired) electrons. The molecule has 3 rings (SSSR count). The summed E-state index contributed by atoms with van der Waals surface area (Å²) in [5.74, 6) is 0.677. The summed E-state index contributed by atoms with van der Waals surface area (Å²) in [4.78, 5) is 13.8. The number of alkyl halides is 3. The lowest BCUT2D eigenvalue weighted by molar-refractivity contribution is -0.605. The third-order valence-corrected chi connectivity index (χ3v) is 5.62. The number of aromatic nitrogens is 1. The van der Waals surface area contributed by atoms with Crippen LogP contribution in [0, 0.1) is 5.21 Å². The molecule has 9 heteroatoms. The minimum Gasteiger partial charge on any atom is -0.619 e. The first-order valence-electron chi connectivity index (χ1n) is 10.9. The van der Waals surface area contributed by atoms with Crippen LogP contribution in [-0.4, -0.2) is 25.2 Å². The third-order valence-electron chi connectivity index (χ3n) is 5.62. The molecule has 0 N–H and O–H groups in total. The third kappa shape index (κ3) is 6.23. The van der Waals surface area contributed by atoms with E-state index in [4.69, 9.17) is 9.47 Å². The first kappa shape index (κ1) is 25.9. The molecule has 186 valence electrons. The zero-order chi connectivity index (χ0) is 25.8. The van der Waals surface area contributed by atoms with Gasteiger partial charge in [-0.05, 0) is 52.9 Å². The normalized spacial score (nSPS) is 11.4. The second-order valence-electron chi connectivity index (χ2n) is 8.38. The summed E-state index contributed by atoms with van der Waals surface area (Å²) in [7, 11) is 2.68. The topological polar surface area (TPSA) is 65.7 Å². The molecule has 0 saturated carbocycles. The Bertz CT molecular complexity index is 1200. The maximum atomic E-state index is 13.6. The van der Waals surface area contributed by atoms with Crippen LogP contribution < -0.4 is 9.47 Å². The number of nitrogens with zero attached hydrogens (tertiary/aromatic N) is 2. The van der Waals surface area contributed by atoms with E-state index in [1.54, 1.807) is 12.1 Å². The molecule has 0 spiro atoms. The van der Waals surface area contributed by atoms with Crippen molar-refractivity contribution >= 4 is 6.09 Å². The van der Waals surface area contributed by atoms with Gasteiger partial charge in [0.2, 0.25) is 0 Å². The van der Waals surface area contributed by atoms with Gasteiger partial charge in [0.25, 0.3) is 0 Å². The van der Waals surface area contributed by atoms with Gasteiger partial charge in [-0.3, -0.25) is 4.90 Å². The molecule has 6 nitrogen and oxygen atoms in total. The van der Waals surface area contributed by atoms with Gasteiger partial charge in [-0.2, -0.15) is 17.9 Å². The number of rotatable bonds is 7. The van der Waals surface area contributed by atoms with E-state index in [1.165, 1.54) is 43.6 Å². The van der Waals surface area contributed by atoms with E-state index >= 15 is 0 Å². The summed E-state index contributed by atoms with van der Waals surface area (Å²) in [6, 6.07) is 12.2. The first-order chi connectivity index (χ1) is 16.5. The van der Waals surface area contributed by atoms with Crippen LogP contribution in [0.2, 0.25) is 0 Å². The van der Waals surface area contributed by atoms with Gasteiger partial charge in [0.1, 0.15) is 5.75 Å². The number of benzene rings is 2. The fourth-order valence-corrected chi connectivity index (χ4v) is 3.79. The highest BCUT2D eigenvalue weighted by molar-refractivity contribution is 5.75. The molecule has 0 saturated heterocycles. The van der Waals surface area contributed by atoms with E-state index in [-0.39, 0.29) is 24.6 Å². The van der Waals surface area contributed by atoms with Gasteiger partial charge in [-0.25, -0.2) is 4.79 Å². The van der Waals surface area contributed by atoms with Gasteiger partial charge in [-0.1, -0.05) is 26.0 Å². The Kier molecular flexibility index (Phi) is 7.89. The van der Waals surface area contributed by atoms with E-state index in [1.807, 2.05) is 26.0 Å². The van der Waals surface area contributed by atoms with Crippen molar-refractivity contribution in [3.63, 3.8) is 0 Å². The van der Waals surface area contributed by atoms with Crippen LogP contribution in [0.1, 0.15) is 42.0 Å². The van der Waals surface area contributed by atoms with Crippen molar-refractivity contribution in [2.24, 2.45) is 0 Å². The van der Waals surface area contributed by atoms with Crippen LogP contribution >= 0.6 is 0 Å². The lowest BCUT2D eigenvalue weighted by atomic mass is 9.92. The predicted octanol–water partition coefficient (Wildman–Crippen LogP) is 5.91. The molecule has 0 atom stereocenters. The lowest BCUT2D eigenvalue weighted by Crippen LogP contribution is -2.32.